The van der Waals surface area contributed by atoms with Crippen molar-refractivity contribution in [1.82, 2.24) is 20.1 Å². The van der Waals surface area contributed by atoms with Crippen molar-refractivity contribution in [3.63, 3.8) is 0 Å². The van der Waals surface area contributed by atoms with Crippen molar-refractivity contribution >= 4 is 0 Å². The van der Waals surface area contributed by atoms with Crippen LogP contribution in [0.2, 0.25) is 0 Å². The Labute approximate surface area is 124 Å². The normalized spacial score (nSPS) is 12.9. The second kappa shape index (κ2) is 6.75. The summed E-state index contributed by atoms with van der Waals surface area (Å²) >= 11 is 0. The number of ether oxygens (including phenoxy) is 1. The van der Waals surface area contributed by atoms with E-state index in [2.05, 4.69) is 15.4 Å². The van der Waals surface area contributed by atoms with Crippen LogP contribution in [0.15, 0.2) is 22.7 Å². The van der Waals surface area contributed by atoms with E-state index >= 15 is 0 Å². The number of nitrogens with one attached hydrogen (secondary N) is 1. The number of nitrogens with two attached hydrogens (primary N) is 1. The van der Waals surface area contributed by atoms with Gasteiger partial charge < -0.3 is 14.1 Å². The lowest BCUT2D eigenvalue weighted by molar-refractivity contribution is 0.350. The first-order valence-corrected chi connectivity index (χ1v) is 6.83. The Morgan fingerprint density at radius 1 is 1.48 bits per heavy atom. The monoisotopic (exact) mass is 293 g/mol. The minimum Gasteiger partial charge on any atom is -0.493 e. The molecule has 0 aliphatic rings. The Bertz CT molecular complexity index is 576. The molecule has 0 bridgehead atoms. The Morgan fingerprint density at radius 3 is 2.76 bits per heavy atom. The first kappa shape index (κ1) is 15.6. The van der Waals surface area contributed by atoms with Crippen molar-refractivity contribution in [3.05, 3.63) is 35.5 Å². The third-order valence-corrected chi connectivity index (χ3v) is 3.31. The summed E-state index contributed by atoms with van der Waals surface area (Å²) in [5.74, 6) is 8.00. The summed E-state index contributed by atoms with van der Waals surface area (Å²) in [6, 6.07) is 3.51. The topological polar surface area (TPSA) is 81.5 Å². The summed E-state index contributed by atoms with van der Waals surface area (Å²) in [5, 5.41) is 4.39. The number of methoxy groups -OCH3 is 1. The molecule has 2 aromatic rings. The first-order chi connectivity index (χ1) is 10.1. The fourth-order valence-electron chi connectivity index (χ4n) is 2.20. The number of aromatic nitrogens is 2. The van der Waals surface area contributed by atoms with E-state index in [0.29, 0.717) is 5.75 Å². The van der Waals surface area contributed by atoms with E-state index in [4.69, 9.17) is 15.0 Å². The highest BCUT2D eigenvalue weighted by Crippen LogP contribution is 2.30. The van der Waals surface area contributed by atoms with Crippen LogP contribution in [0.5, 0.6) is 5.75 Å². The molecule has 2 heterocycles. The van der Waals surface area contributed by atoms with Crippen LogP contribution in [-0.2, 0) is 6.54 Å². The number of nitrogens with zero attached hydrogens (tertiary/aromatic N) is 3. The molecule has 0 aliphatic heterocycles. The molecule has 0 aromatic carbocycles. The van der Waals surface area contributed by atoms with Gasteiger partial charge in [-0.1, -0.05) is 0 Å². The second-order valence-corrected chi connectivity index (χ2v) is 5.17. The highest BCUT2D eigenvalue weighted by molar-refractivity contribution is 5.33. The molecule has 0 aliphatic carbocycles. The van der Waals surface area contributed by atoms with Gasteiger partial charge in [-0.3, -0.25) is 10.5 Å². The number of likely N-dealkylation sites (N-methyl/N-ethyl adjacent to an activating group) is 1. The van der Waals surface area contributed by atoms with Gasteiger partial charge in [-0.2, -0.15) is 5.10 Å². The van der Waals surface area contributed by atoms with Gasteiger partial charge in [-0.25, -0.2) is 5.43 Å². The number of rotatable bonds is 7. The van der Waals surface area contributed by atoms with Crippen molar-refractivity contribution in [1.29, 1.82) is 0 Å². The molecule has 7 nitrogen and oxygen atoms in total. The minimum atomic E-state index is -0.307. The van der Waals surface area contributed by atoms with E-state index in [-0.39, 0.29) is 6.04 Å². The number of hydrogen-bond acceptors (Lipinski definition) is 6. The first-order valence-electron chi connectivity index (χ1n) is 6.83. The zero-order valence-corrected chi connectivity index (χ0v) is 13.0. The Hall–Kier alpha value is -1.83. The zero-order chi connectivity index (χ0) is 15.4. The largest absolute Gasteiger partial charge is 0.493 e. The summed E-state index contributed by atoms with van der Waals surface area (Å²) in [6.45, 7) is 3.51. The van der Waals surface area contributed by atoms with Crippen molar-refractivity contribution in [2.75, 3.05) is 27.7 Å². The minimum absolute atomic E-state index is 0.307. The van der Waals surface area contributed by atoms with Crippen LogP contribution in [0.4, 0.5) is 0 Å². The number of hydrazine groups is 1. The van der Waals surface area contributed by atoms with Gasteiger partial charge in [0, 0.05) is 6.54 Å². The molecule has 0 amide bonds. The molecule has 7 heteroatoms. The van der Waals surface area contributed by atoms with Crippen LogP contribution in [0, 0.1) is 6.92 Å². The standard InChI is InChI=1S/C14H23N5O2/c1-10-5-6-11(21-10)13(17-15)14-12(20-4)9-16-19(14)8-7-18(2)3/h5-6,9,13,17H,7-8,15H2,1-4H3. The lowest BCUT2D eigenvalue weighted by Crippen LogP contribution is -2.31. The molecule has 1 unspecified atom stereocenters. The molecular weight excluding hydrogens is 270 g/mol. The summed E-state index contributed by atoms with van der Waals surface area (Å²) < 4.78 is 13.0. The molecule has 0 saturated heterocycles. The molecule has 1 atom stereocenters. The van der Waals surface area contributed by atoms with Gasteiger partial charge >= 0.3 is 0 Å². The van der Waals surface area contributed by atoms with E-state index in [9.17, 15) is 0 Å². The van der Waals surface area contributed by atoms with Gasteiger partial charge in [0.2, 0.25) is 0 Å². The molecule has 21 heavy (non-hydrogen) atoms. The van der Waals surface area contributed by atoms with E-state index in [1.54, 1.807) is 13.3 Å². The van der Waals surface area contributed by atoms with Gasteiger partial charge in [-0.05, 0) is 33.2 Å². The highest BCUT2D eigenvalue weighted by atomic mass is 16.5. The van der Waals surface area contributed by atoms with Crippen LogP contribution in [0.3, 0.4) is 0 Å². The third-order valence-electron chi connectivity index (χ3n) is 3.31. The molecular formula is C14H23N5O2. The molecule has 0 saturated carbocycles. The second-order valence-electron chi connectivity index (χ2n) is 5.17. The van der Waals surface area contributed by atoms with E-state index in [0.717, 1.165) is 30.3 Å². The third kappa shape index (κ3) is 3.44. The molecule has 0 spiro atoms. The summed E-state index contributed by atoms with van der Waals surface area (Å²) in [6.07, 6.45) is 1.70. The summed E-state index contributed by atoms with van der Waals surface area (Å²) in [4.78, 5) is 2.10. The molecule has 0 fully saturated rings. The maximum atomic E-state index is 5.74. The lowest BCUT2D eigenvalue weighted by atomic mass is 10.1. The van der Waals surface area contributed by atoms with Crippen LogP contribution in [0.1, 0.15) is 23.3 Å². The van der Waals surface area contributed by atoms with Crippen molar-refractivity contribution in [3.8, 4) is 5.75 Å². The lowest BCUT2D eigenvalue weighted by Gasteiger charge is -2.18. The summed E-state index contributed by atoms with van der Waals surface area (Å²) in [7, 11) is 5.67. The average molecular weight is 293 g/mol. The molecule has 0 radical (unpaired) electrons. The van der Waals surface area contributed by atoms with Crippen LogP contribution >= 0.6 is 0 Å². The maximum Gasteiger partial charge on any atom is 0.162 e. The van der Waals surface area contributed by atoms with E-state index < -0.39 is 0 Å². The Morgan fingerprint density at radius 2 is 2.24 bits per heavy atom. The van der Waals surface area contributed by atoms with E-state index in [1.807, 2.05) is 37.8 Å². The Kier molecular flexibility index (Phi) is 5.00. The average Bonchev–Trinajstić information content (AvgIpc) is 3.05. The van der Waals surface area contributed by atoms with Crippen LogP contribution in [-0.4, -0.2) is 42.4 Å². The van der Waals surface area contributed by atoms with Crippen molar-refractivity contribution < 1.29 is 9.15 Å². The van der Waals surface area contributed by atoms with Gasteiger partial charge in [0.15, 0.2) is 5.75 Å². The SMILES string of the molecule is COc1cnn(CCN(C)C)c1C(NN)c1ccc(C)o1. The van der Waals surface area contributed by atoms with E-state index in [1.165, 1.54) is 0 Å². The van der Waals surface area contributed by atoms with Crippen molar-refractivity contribution in [2.24, 2.45) is 5.84 Å². The number of furan rings is 1. The predicted octanol–water partition coefficient (Wildman–Crippen LogP) is 0.907. The highest BCUT2D eigenvalue weighted by Gasteiger charge is 2.25. The fraction of sp³-hybridized carbons (Fsp3) is 0.500. The number of hydrogen-bond donors (Lipinski definition) is 2. The number of aryl methyl sites for hydroxylation is 1. The maximum absolute atomic E-state index is 5.74. The molecule has 2 aromatic heterocycles. The zero-order valence-electron chi connectivity index (χ0n) is 13.0. The quantitative estimate of drug-likeness (QED) is 0.583. The summed E-state index contributed by atoms with van der Waals surface area (Å²) in [5.41, 5.74) is 3.65. The molecule has 3 N–H and O–H groups in total. The van der Waals surface area contributed by atoms with Gasteiger partial charge in [0.05, 0.1) is 19.9 Å². The van der Waals surface area contributed by atoms with Gasteiger partial charge in [-0.15, -0.1) is 0 Å². The smallest absolute Gasteiger partial charge is 0.162 e. The van der Waals surface area contributed by atoms with Crippen LogP contribution in [0.25, 0.3) is 0 Å². The molecule has 116 valence electrons. The predicted molar refractivity (Wildman–Crippen MR) is 79.9 cm³/mol. The fourth-order valence-corrected chi connectivity index (χ4v) is 2.20. The Balaban J connectivity index is 2.36. The van der Waals surface area contributed by atoms with Gasteiger partial charge in [0.25, 0.3) is 0 Å². The van der Waals surface area contributed by atoms with Crippen molar-refractivity contribution in [2.45, 2.75) is 19.5 Å². The molecule has 2 rings (SSSR count). The van der Waals surface area contributed by atoms with Gasteiger partial charge in [0.1, 0.15) is 23.3 Å². The van der Waals surface area contributed by atoms with Crippen LogP contribution < -0.4 is 16.0 Å².